The summed E-state index contributed by atoms with van der Waals surface area (Å²) in [6.45, 7) is -0.251. The van der Waals surface area contributed by atoms with Gasteiger partial charge < -0.3 is 25.0 Å². The predicted octanol–water partition coefficient (Wildman–Crippen LogP) is 6.16. The van der Waals surface area contributed by atoms with Crippen molar-refractivity contribution in [3.8, 4) is 11.1 Å². The first-order valence-corrected chi connectivity index (χ1v) is 14.6. The summed E-state index contributed by atoms with van der Waals surface area (Å²) in [6.07, 6.45) is -0.625. The van der Waals surface area contributed by atoms with Gasteiger partial charge in [-0.1, -0.05) is 60.7 Å². The lowest BCUT2D eigenvalue weighted by molar-refractivity contribution is -0.144. The van der Waals surface area contributed by atoms with Gasteiger partial charge in [0.15, 0.2) is 0 Å². The van der Waals surface area contributed by atoms with Gasteiger partial charge in [0.05, 0.1) is 17.8 Å². The molecule has 4 aromatic rings. The number of alkyl carbamates (subject to hydrolysis) is 1. The molecule has 0 aliphatic heterocycles. The maximum atomic E-state index is 13.0. The van der Waals surface area contributed by atoms with E-state index in [0.29, 0.717) is 11.3 Å². The lowest BCUT2D eigenvalue weighted by Gasteiger charge is -2.21. The number of nitrogens with zero attached hydrogens (tertiary/aromatic N) is 4. The Morgan fingerprint density at radius 3 is 1.91 bits per heavy atom. The molecular weight excluding hydrogens is 570 g/mol. The second kappa shape index (κ2) is 14.3. The zero-order chi connectivity index (χ0) is 31.8. The molecule has 0 saturated heterocycles. The van der Waals surface area contributed by atoms with Crippen LogP contribution in [0.5, 0.6) is 0 Å². The third-order valence-corrected chi connectivity index (χ3v) is 7.61. The standard InChI is InChI=1S/C35H35N5O5/c1-39(2)27-17-15-26(16-18-27)38-37-25-13-11-24(12-14-25)21-33(41)40(22-34(42)43)20-19-36-35(44)45-23-32-30-9-5-3-7-28(30)29-8-4-6-10-31(29)32/h3-18,32H,19-23H2,1-2H3,(H,36,44)(H,42,43). The highest BCUT2D eigenvalue weighted by Crippen LogP contribution is 2.44. The number of nitrogens with one attached hydrogen (secondary N) is 1. The highest BCUT2D eigenvalue weighted by atomic mass is 16.5. The number of aliphatic carboxylic acids is 1. The Morgan fingerprint density at radius 2 is 1.36 bits per heavy atom. The minimum atomic E-state index is -1.14. The number of benzene rings is 4. The SMILES string of the molecule is CN(C)c1ccc(N=Nc2ccc(CC(=O)N(CCNC(=O)OCC3c4ccccc4-c4ccccc43)CC(=O)O)cc2)cc1. The number of azo groups is 1. The smallest absolute Gasteiger partial charge is 0.407 e. The molecule has 10 nitrogen and oxygen atoms in total. The van der Waals surface area contributed by atoms with Gasteiger partial charge in [0, 0.05) is 38.8 Å². The van der Waals surface area contributed by atoms with Gasteiger partial charge >= 0.3 is 12.1 Å². The molecule has 0 bridgehead atoms. The Morgan fingerprint density at radius 1 is 0.800 bits per heavy atom. The van der Waals surface area contributed by atoms with Crippen LogP contribution in [0.2, 0.25) is 0 Å². The van der Waals surface area contributed by atoms with Crippen LogP contribution >= 0.6 is 0 Å². The fraction of sp³-hybridized carbons (Fsp3) is 0.229. The van der Waals surface area contributed by atoms with Crippen molar-refractivity contribution >= 4 is 35.0 Å². The molecule has 1 aliphatic rings. The van der Waals surface area contributed by atoms with Crippen LogP contribution in [-0.4, -0.2) is 68.3 Å². The summed E-state index contributed by atoms with van der Waals surface area (Å²) in [7, 11) is 3.93. The monoisotopic (exact) mass is 605 g/mol. The van der Waals surface area contributed by atoms with E-state index in [1.807, 2.05) is 79.7 Å². The number of carbonyl (C=O) groups excluding carboxylic acids is 2. The minimum Gasteiger partial charge on any atom is -0.480 e. The van der Waals surface area contributed by atoms with Crippen LogP contribution in [-0.2, 0) is 20.7 Å². The number of carbonyl (C=O) groups is 3. The second-order valence-electron chi connectivity index (χ2n) is 10.9. The highest BCUT2D eigenvalue weighted by molar-refractivity contribution is 5.83. The largest absolute Gasteiger partial charge is 0.480 e. The van der Waals surface area contributed by atoms with Crippen molar-refractivity contribution in [2.75, 3.05) is 45.2 Å². The quantitative estimate of drug-likeness (QED) is 0.186. The molecule has 0 aromatic heterocycles. The van der Waals surface area contributed by atoms with Crippen molar-refractivity contribution in [2.24, 2.45) is 10.2 Å². The fourth-order valence-electron chi connectivity index (χ4n) is 5.30. The number of hydrogen-bond donors (Lipinski definition) is 2. The summed E-state index contributed by atoms with van der Waals surface area (Å²) in [6, 6.07) is 30.8. The summed E-state index contributed by atoms with van der Waals surface area (Å²) in [4.78, 5) is 40.2. The van der Waals surface area contributed by atoms with Crippen molar-refractivity contribution in [2.45, 2.75) is 12.3 Å². The Bertz CT molecular complexity index is 1640. The van der Waals surface area contributed by atoms with E-state index in [4.69, 9.17) is 4.74 Å². The number of rotatable bonds is 12. The van der Waals surface area contributed by atoms with E-state index in [2.05, 4.69) is 27.7 Å². The summed E-state index contributed by atoms with van der Waals surface area (Å²) in [5.41, 5.74) is 7.59. The van der Waals surface area contributed by atoms with Crippen LogP contribution in [0.25, 0.3) is 11.1 Å². The van der Waals surface area contributed by atoms with Crippen LogP contribution in [0.3, 0.4) is 0 Å². The van der Waals surface area contributed by atoms with Crippen LogP contribution in [0.4, 0.5) is 21.9 Å². The normalized spacial score (nSPS) is 12.0. The number of fused-ring (bicyclic) bond motifs is 3. The van der Waals surface area contributed by atoms with Crippen molar-refractivity contribution < 1.29 is 24.2 Å². The zero-order valence-electron chi connectivity index (χ0n) is 25.2. The Balaban J connectivity index is 1.11. The molecule has 0 unspecified atom stereocenters. The number of ether oxygens (including phenoxy) is 1. The average molecular weight is 606 g/mol. The average Bonchev–Trinajstić information content (AvgIpc) is 3.36. The first-order chi connectivity index (χ1) is 21.8. The summed E-state index contributed by atoms with van der Waals surface area (Å²) in [5.74, 6) is -1.59. The molecule has 0 radical (unpaired) electrons. The van der Waals surface area contributed by atoms with Crippen LogP contribution < -0.4 is 10.2 Å². The van der Waals surface area contributed by atoms with Crippen molar-refractivity contribution in [1.82, 2.24) is 10.2 Å². The number of amides is 2. The summed E-state index contributed by atoms with van der Waals surface area (Å²) >= 11 is 0. The number of hydrogen-bond acceptors (Lipinski definition) is 7. The van der Waals surface area contributed by atoms with Crippen molar-refractivity contribution in [1.29, 1.82) is 0 Å². The van der Waals surface area contributed by atoms with Gasteiger partial charge in [-0.2, -0.15) is 10.2 Å². The summed E-state index contributed by atoms with van der Waals surface area (Å²) in [5, 5.41) is 20.5. The minimum absolute atomic E-state index is 0.00163. The van der Waals surface area contributed by atoms with Gasteiger partial charge in [-0.15, -0.1) is 0 Å². The number of anilines is 1. The maximum Gasteiger partial charge on any atom is 0.407 e. The van der Waals surface area contributed by atoms with Gasteiger partial charge in [-0.05, 0) is 64.2 Å². The van der Waals surface area contributed by atoms with Crippen LogP contribution in [0, 0.1) is 0 Å². The maximum absolute atomic E-state index is 13.0. The zero-order valence-corrected chi connectivity index (χ0v) is 25.2. The molecule has 1 aliphatic carbocycles. The van der Waals surface area contributed by atoms with Gasteiger partial charge in [0.2, 0.25) is 5.91 Å². The Kier molecular flexibility index (Phi) is 9.83. The molecule has 5 rings (SSSR count). The Labute approximate surface area is 262 Å². The molecule has 2 amide bonds. The molecule has 4 aromatic carbocycles. The second-order valence-corrected chi connectivity index (χ2v) is 10.9. The molecular formula is C35H35N5O5. The van der Waals surface area contributed by atoms with E-state index in [9.17, 15) is 19.5 Å². The third kappa shape index (κ3) is 7.91. The van der Waals surface area contributed by atoms with E-state index in [1.165, 1.54) is 4.90 Å². The van der Waals surface area contributed by atoms with Crippen LogP contribution in [0.15, 0.2) is 107 Å². The van der Waals surface area contributed by atoms with E-state index in [0.717, 1.165) is 33.6 Å². The van der Waals surface area contributed by atoms with Crippen molar-refractivity contribution in [3.63, 3.8) is 0 Å². The first-order valence-electron chi connectivity index (χ1n) is 14.6. The molecule has 2 N–H and O–H groups in total. The van der Waals surface area contributed by atoms with E-state index in [1.54, 1.807) is 24.3 Å². The van der Waals surface area contributed by atoms with Gasteiger partial charge in [0.25, 0.3) is 0 Å². The Hall–Kier alpha value is -5.51. The number of carboxylic acid groups (broad SMARTS) is 1. The molecule has 0 spiro atoms. The topological polar surface area (TPSA) is 124 Å². The molecule has 0 heterocycles. The summed E-state index contributed by atoms with van der Waals surface area (Å²) < 4.78 is 5.54. The highest BCUT2D eigenvalue weighted by Gasteiger charge is 2.29. The lowest BCUT2D eigenvalue weighted by atomic mass is 9.98. The first kappa shape index (κ1) is 30.9. The molecule has 0 saturated carbocycles. The molecule has 0 atom stereocenters. The molecule has 230 valence electrons. The van der Waals surface area contributed by atoms with E-state index >= 15 is 0 Å². The van der Waals surface area contributed by atoms with Crippen molar-refractivity contribution in [3.05, 3.63) is 114 Å². The predicted molar refractivity (Wildman–Crippen MR) is 172 cm³/mol. The molecule has 10 heteroatoms. The van der Waals surface area contributed by atoms with E-state index < -0.39 is 18.6 Å². The number of carboxylic acids is 1. The van der Waals surface area contributed by atoms with E-state index in [-0.39, 0.29) is 37.9 Å². The fourth-order valence-corrected chi connectivity index (χ4v) is 5.30. The third-order valence-electron chi connectivity index (χ3n) is 7.61. The molecule has 45 heavy (non-hydrogen) atoms. The van der Waals surface area contributed by atoms with Gasteiger partial charge in [-0.3, -0.25) is 9.59 Å². The van der Waals surface area contributed by atoms with Crippen LogP contribution in [0.1, 0.15) is 22.6 Å². The van der Waals surface area contributed by atoms with Gasteiger partial charge in [-0.25, -0.2) is 4.79 Å². The lowest BCUT2D eigenvalue weighted by Crippen LogP contribution is -2.42. The molecule has 0 fully saturated rings. The van der Waals surface area contributed by atoms with Gasteiger partial charge in [0.1, 0.15) is 13.2 Å².